The van der Waals surface area contributed by atoms with Crippen LogP contribution in [0.25, 0.3) is 11.3 Å². The summed E-state index contributed by atoms with van der Waals surface area (Å²) in [6.45, 7) is 5.68. The number of carboxylic acids is 1. The number of thiazole rings is 1. The summed E-state index contributed by atoms with van der Waals surface area (Å²) in [6.07, 6.45) is -1.43. The SMILES string of the molecule is CC(C)(C)Nc1cc(C(F)F)c(-c2csc(C(=O)O)n2)cn1.[KH]. The molecule has 0 amide bonds. The number of hydrogen-bond acceptors (Lipinski definition) is 5. The van der Waals surface area contributed by atoms with E-state index in [0.29, 0.717) is 5.82 Å². The molecule has 0 aromatic carbocycles. The van der Waals surface area contributed by atoms with Gasteiger partial charge in [-0.3, -0.25) is 0 Å². The van der Waals surface area contributed by atoms with Crippen molar-refractivity contribution in [2.24, 2.45) is 0 Å². The van der Waals surface area contributed by atoms with Crippen molar-refractivity contribution < 1.29 is 18.7 Å². The zero-order valence-electron chi connectivity index (χ0n) is 12.2. The van der Waals surface area contributed by atoms with Gasteiger partial charge in [0.15, 0.2) is 0 Å². The van der Waals surface area contributed by atoms with Gasteiger partial charge in [-0.05, 0) is 26.8 Å². The Kier molecular flexibility index (Phi) is 7.24. The van der Waals surface area contributed by atoms with Gasteiger partial charge in [-0.1, -0.05) is 0 Å². The van der Waals surface area contributed by atoms with E-state index in [-0.39, 0.29) is 78.8 Å². The number of aromatic nitrogens is 2. The van der Waals surface area contributed by atoms with E-state index < -0.39 is 12.4 Å². The Morgan fingerprint density at radius 1 is 1.39 bits per heavy atom. The van der Waals surface area contributed by atoms with Gasteiger partial charge in [-0.2, -0.15) is 0 Å². The number of halogens is 2. The summed E-state index contributed by atoms with van der Waals surface area (Å²) in [5.41, 5.74) is -0.222. The van der Waals surface area contributed by atoms with Crippen LogP contribution in [-0.4, -0.2) is 78.0 Å². The van der Waals surface area contributed by atoms with Gasteiger partial charge >= 0.3 is 57.4 Å². The van der Waals surface area contributed by atoms with Crippen LogP contribution in [0.3, 0.4) is 0 Å². The molecule has 0 atom stereocenters. The van der Waals surface area contributed by atoms with E-state index >= 15 is 0 Å². The minimum absolute atomic E-state index is 0. The number of alkyl halides is 2. The summed E-state index contributed by atoms with van der Waals surface area (Å²) in [6, 6.07) is 1.27. The van der Waals surface area contributed by atoms with Crippen molar-refractivity contribution in [3.8, 4) is 11.3 Å². The van der Waals surface area contributed by atoms with Gasteiger partial charge in [0.05, 0.1) is 5.69 Å². The van der Waals surface area contributed by atoms with Gasteiger partial charge in [0.25, 0.3) is 6.43 Å². The Morgan fingerprint density at radius 2 is 2.04 bits per heavy atom. The van der Waals surface area contributed by atoms with Gasteiger partial charge in [-0.15, -0.1) is 11.3 Å². The van der Waals surface area contributed by atoms with Crippen molar-refractivity contribution >= 4 is 74.5 Å². The summed E-state index contributed by atoms with van der Waals surface area (Å²) in [7, 11) is 0. The van der Waals surface area contributed by atoms with Crippen LogP contribution in [0.1, 0.15) is 42.6 Å². The summed E-state index contributed by atoms with van der Waals surface area (Å²) in [4.78, 5) is 18.8. The fraction of sp³-hybridized carbons (Fsp3) is 0.357. The van der Waals surface area contributed by atoms with Crippen molar-refractivity contribution in [2.75, 3.05) is 5.32 Å². The fourth-order valence-electron chi connectivity index (χ4n) is 1.81. The number of nitrogens with one attached hydrogen (secondary N) is 1. The molecule has 0 aliphatic carbocycles. The van der Waals surface area contributed by atoms with E-state index in [9.17, 15) is 13.6 Å². The first kappa shape index (κ1) is 20.6. The summed E-state index contributed by atoms with van der Waals surface area (Å²) in [5, 5.41) is 13.2. The molecule has 2 aromatic rings. The first-order valence-corrected chi connectivity index (χ1v) is 7.31. The molecule has 2 N–H and O–H groups in total. The molecule has 2 heterocycles. The van der Waals surface area contributed by atoms with Crippen LogP contribution in [0.2, 0.25) is 0 Å². The van der Waals surface area contributed by atoms with Crippen molar-refractivity contribution in [3.05, 3.63) is 28.2 Å². The Bertz CT molecular complexity index is 702. The van der Waals surface area contributed by atoms with Crippen LogP contribution in [0.5, 0.6) is 0 Å². The quantitative estimate of drug-likeness (QED) is 0.810. The Hall–Kier alpha value is -0.454. The number of hydrogen-bond donors (Lipinski definition) is 2. The molecule has 0 fully saturated rings. The van der Waals surface area contributed by atoms with Crippen molar-refractivity contribution in [3.63, 3.8) is 0 Å². The third kappa shape index (κ3) is 5.54. The number of carboxylic acid groups (broad SMARTS) is 1. The van der Waals surface area contributed by atoms with Crippen LogP contribution in [0.15, 0.2) is 17.6 Å². The normalized spacial score (nSPS) is 11.2. The van der Waals surface area contributed by atoms with E-state index in [1.807, 2.05) is 20.8 Å². The molecule has 5 nitrogen and oxygen atoms in total. The van der Waals surface area contributed by atoms with Gasteiger partial charge in [0.2, 0.25) is 5.01 Å². The number of pyridine rings is 1. The maximum absolute atomic E-state index is 13.3. The summed E-state index contributed by atoms with van der Waals surface area (Å²) >= 11 is 0.888. The van der Waals surface area contributed by atoms with Gasteiger partial charge in [0.1, 0.15) is 5.82 Å². The molecule has 0 spiro atoms. The molecule has 2 rings (SSSR count). The van der Waals surface area contributed by atoms with E-state index in [0.717, 1.165) is 11.3 Å². The molecular formula is C14H16F2KN3O2S. The first-order chi connectivity index (χ1) is 10.2. The van der Waals surface area contributed by atoms with Gasteiger partial charge in [0, 0.05) is 28.2 Å². The number of anilines is 1. The van der Waals surface area contributed by atoms with Crippen molar-refractivity contribution in [2.45, 2.75) is 32.7 Å². The molecule has 0 unspecified atom stereocenters. The molecule has 0 radical (unpaired) electrons. The second-order valence-electron chi connectivity index (χ2n) is 5.68. The Morgan fingerprint density at radius 3 is 2.52 bits per heavy atom. The predicted molar refractivity (Wildman–Crippen MR) is 87.8 cm³/mol. The molecule has 0 saturated carbocycles. The number of aromatic carboxylic acids is 1. The number of carbonyl (C=O) groups is 1. The van der Waals surface area contributed by atoms with E-state index in [1.54, 1.807) is 0 Å². The molecule has 2 aromatic heterocycles. The number of rotatable bonds is 4. The van der Waals surface area contributed by atoms with Crippen LogP contribution in [0.4, 0.5) is 14.6 Å². The molecule has 0 saturated heterocycles. The summed E-state index contributed by atoms with van der Waals surface area (Å²) in [5.74, 6) is -0.853. The third-order valence-corrected chi connectivity index (χ3v) is 3.47. The topological polar surface area (TPSA) is 75.1 Å². The van der Waals surface area contributed by atoms with E-state index in [1.165, 1.54) is 17.6 Å². The second kappa shape index (κ2) is 8.08. The molecule has 0 aliphatic heterocycles. The van der Waals surface area contributed by atoms with E-state index in [4.69, 9.17) is 5.11 Å². The zero-order valence-corrected chi connectivity index (χ0v) is 13.0. The van der Waals surface area contributed by atoms with Crippen LogP contribution in [0, 0.1) is 0 Å². The van der Waals surface area contributed by atoms with Gasteiger partial charge < -0.3 is 10.4 Å². The molecule has 0 aliphatic rings. The molecular weight excluding hydrogens is 351 g/mol. The number of nitrogens with zero attached hydrogens (tertiary/aromatic N) is 2. The third-order valence-electron chi connectivity index (χ3n) is 2.64. The minimum atomic E-state index is -2.71. The molecule has 0 bridgehead atoms. The van der Waals surface area contributed by atoms with E-state index in [2.05, 4.69) is 15.3 Å². The van der Waals surface area contributed by atoms with Crippen molar-refractivity contribution in [1.29, 1.82) is 0 Å². The van der Waals surface area contributed by atoms with Crippen LogP contribution in [-0.2, 0) is 0 Å². The average molecular weight is 367 g/mol. The Balaban J connectivity index is 0.00000264. The standard InChI is InChI=1S/C14H15F2N3O2S.K.H/c1-14(2,3)19-10-4-7(11(15)16)8(5-17-10)9-6-22-12(18-9)13(20)21;;/h4-6,11H,1-3H3,(H,17,19)(H,20,21);;. The average Bonchev–Trinajstić information content (AvgIpc) is 2.86. The molecule has 120 valence electrons. The van der Waals surface area contributed by atoms with Crippen molar-refractivity contribution in [1.82, 2.24) is 9.97 Å². The first-order valence-electron chi connectivity index (χ1n) is 6.43. The summed E-state index contributed by atoms with van der Waals surface area (Å²) < 4.78 is 26.6. The second-order valence-corrected chi connectivity index (χ2v) is 6.53. The van der Waals surface area contributed by atoms with Crippen LogP contribution >= 0.6 is 11.3 Å². The van der Waals surface area contributed by atoms with Crippen LogP contribution < -0.4 is 5.32 Å². The molecule has 9 heteroatoms. The predicted octanol–water partition coefficient (Wildman–Crippen LogP) is 3.40. The monoisotopic (exact) mass is 367 g/mol. The fourth-order valence-corrected chi connectivity index (χ4v) is 2.47. The Labute approximate surface area is 179 Å². The maximum atomic E-state index is 13.3. The van der Waals surface area contributed by atoms with Gasteiger partial charge in [-0.25, -0.2) is 23.5 Å². The zero-order chi connectivity index (χ0) is 16.5. The molecule has 23 heavy (non-hydrogen) atoms.